The normalized spacial score (nSPS) is 11.1. The van der Waals surface area contributed by atoms with Gasteiger partial charge in [0.2, 0.25) is 9.84 Å². The second-order valence-corrected chi connectivity index (χ2v) is 9.12. The molecule has 0 aliphatic rings. The molecular formula is C23H23NO9S. The fourth-order valence-electron chi connectivity index (χ4n) is 2.52. The Balaban J connectivity index is 2.10. The van der Waals surface area contributed by atoms with Crippen molar-refractivity contribution in [2.75, 3.05) is 13.2 Å². The summed E-state index contributed by atoms with van der Waals surface area (Å²) in [5.41, 5.74) is -1.35. The Kier molecular flexibility index (Phi) is 8.57. The SMILES string of the molecule is C=CC(=O)OCC(C)(COC(=O)C=C)NC(=O)Oc1ccc(S(=O)(=O)c2ccc(O)cc2)cc1. The molecule has 2 aromatic carbocycles. The van der Waals surface area contributed by atoms with E-state index in [9.17, 15) is 27.9 Å². The topological polar surface area (TPSA) is 145 Å². The molecule has 2 N–H and O–H groups in total. The zero-order valence-electron chi connectivity index (χ0n) is 18.2. The number of hydrogen-bond acceptors (Lipinski definition) is 9. The molecule has 0 aliphatic heterocycles. The Morgan fingerprint density at radius 3 is 1.79 bits per heavy atom. The molecule has 1 amide bonds. The number of nitrogens with one attached hydrogen (secondary N) is 1. The van der Waals surface area contributed by atoms with Crippen LogP contribution in [0.4, 0.5) is 4.79 Å². The van der Waals surface area contributed by atoms with Crippen LogP contribution in [0.1, 0.15) is 6.92 Å². The standard InChI is InChI=1S/C23H23NO9S/c1-4-20(26)31-14-23(3,15-32-21(27)5-2)24-22(28)33-17-8-12-19(13-9-17)34(29,30)18-10-6-16(25)7-11-18/h4-13,25H,1-2,14-15H2,3H3,(H,24,28). The van der Waals surface area contributed by atoms with Crippen LogP contribution in [0.25, 0.3) is 0 Å². The van der Waals surface area contributed by atoms with Crippen molar-refractivity contribution in [3.63, 3.8) is 0 Å². The summed E-state index contributed by atoms with van der Waals surface area (Å²) in [6, 6.07) is 10.1. The van der Waals surface area contributed by atoms with Gasteiger partial charge in [0, 0.05) is 12.2 Å². The number of aromatic hydroxyl groups is 1. The molecule has 0 bridgehead atoms. The third-order valence-corrected chi connectivity index (χ3v) is 6.08. The molecule has 0 saturated carbocycles. The number of hydrogen-bond donors (Lipinski definition) is 2. The molecule has 10 nitrogen and oxygen atoms in total. The Bertz CT molecular complexity index is 1150. The van der Waals surface area contributed by atoms with Crippen molar-refractivity contribution < 1.29 is 42.1 Å². The van der Waals surface area contributed by atoms with E-state index in [0.29, 0.717) is 0 Å². The fraction of sp³-hybridized carbons (Fsp3) is 0.174. The summed E-state index contributed by atoms with van der Waals surface area (Å²) in [6.07, 6.45) is 0.894. The summed E-state index contributed by atoms with van der Waals surface area (Å²) in [7, 11) is -3.85. The summed E-state index contributed by atoms with van der Waals surface area (Å²) in [5.74, 6) is -1.54. The van der Waals surface area contributed by atoms with E-state index in [2.05, 4.69) is 18.5 Å². The first-order valence-electron chi connectivity index (χ1n) is 9.72. The van der Waals surface area contributed by atoms with Crippen molar-refractivity contribution in [1.82, 2.24) is 5.32 Å². The Labute approximate surface area is 196 Å². The van der Waals surface area contributed by atoms with Gasteiger partial charge in [0.25, 0.3) is 0 Å². The average Bonchev–Trinajstić information content (AvgIpc) is 2.81. The molecule has 0 unspecified atom stereocenters. The minimum absolute atomic E-state index is 0.0179. The first-order valence-corrected chi connectivity index (χ1v) is 11.2. The maximum Gasteiger partial charge on any atom is 0.413 e. The molecule has 0 atom stereocenters. The van der Waals surface area contributed by atoms with E-state index in [1.807, 2.05) is 0 Å². The lowest BCUT2D eigenvalue weighted by molar-refractivity contribution is -0.144. The van der Waals surface area contributed by atoms with Crippen LogP contribution in [0.2, 0.25) is 0 Å². The highest BCUT2D eigenvalue weighted by molar-refractivity contribution is 7.91. The summed E-state index contributed by atoms with van der Waals surface area (Å²) in [5, 5.41) is 11.8. The highest BCUT2D eigenvalue weighted by Gasteiger charge is 2.31. The number of benzene rings is 2. The van der Waals surface area contributed by atoms with Gasteiger partial charge in [-0.1, -0.05) is 13.2 Å². The number of carbonyl (C=O) groups is 3. The molecule has 11 heteroatoms. The van der Waals surface area contributed by atoms with E-state index in [4.69, 9.17) is 14.2 Å². The first-order chi connectivity index (χ1) is 16.0. The van der Waals surface area contributed by atoms with Crippen molar-refractivity contribution in [2.45, 2.75) is 22.3 Å². The van der Waals surface area contributed by atoms with Crippen molar-refractivity contribution in [1.29, 1.82) is 0 Å². The Morgan fingerprint density at radius 2 is 1.35 bits per heavy atom. The summed E-state index contributed by atoms with van der Waals surface area (Å²) >= 11 is 0. The van der Waals surface area contributed by atoms with E-state index in [-0.39, 0.29) is 34.5 Å². The number of ether oxygens (including phenoxy) is 3. The van der Waals surface area contributed by atoms with Gasteiger partial charge < -0.3 is 24.6 Å². The molecule has 0 aromatic heterocycles. The second-order valence-electron chi connectivity index (χ2n) is 7.17. The molecule has 180 valence electrons. The number of esters is 2. The molecule has 2 aromatic rings. The predicted octanol–water partition coefficient (Wildman–Crippen LogP) is 2.53. The summed E-state index contributed by atoms with van der Waals surface area (Å²) in [6.45, 7) is 7.28. The van der Waals surface area contributed by atoms with Gasteiger partial charge in [-0.05, 0) is 55.5 Å². The second kappa shape index (κ2) is 11.1. The number of phenols is 1. The van der Waals surface area contributed by atoms with Crippen molar-refractivity contribution in [2.24, 2.45) is 0 Å². The monoisotopic (exact) mass is 489 g/mol. The zero-order chi connectivity index (χ0) is 25.4. The van der Waals surface area contributed by atoms with Crippen LogP contribution in [-0.4, -0.2) is 50.3 Å². The quantitative estimate of drug-likeness (QED) is 0.380. The molecular weight excluding hydrogens is 466 g/mol. The average molecular weight is 490 g/mol. The van der Waals surface area contributed by atoms with Crippen LogP contribution in [0.5, 0.6) is 11.5 Å². The van der Waals surface area contributed by atoms with Crippen molar-refractivity contribution >= 4 is 27.9 Å². The van der Waals surface area contributed by atoms with Crippen molar-refractivity contribution in [3.8, 4) is 11.5 Å². The van der Waals surface area contributed by atoms with Crippen LogP contribution in [-0.2, 0) is 28.9 Å². The third-order valence-electron chi connectivity index (χ3n) is 4.29. The van der Waals surface area contributed by atoms with Gasteiger partial charge in [-0.15, -0.1) is 0 Å². The fourth-order valence-corrected chi connectivity index (χ4v) is 3.78. The molecule has 34 heavy (non-hydrogen) atoms. The molecule has 0 saturated heterocycles. The van der Waals surface area contributed by atoms with E-state index < -0.39 is 33.4 Å². The van der Waals surface area contributed by atoms with E-state index in [1.54, 1.807) is 0 Å². The lowest BCUT2D eigenvalue weighted by Crippen LogP contribution is -2.54. The summed E-state index contributed by atoms with van der Waals surface area (Å²) < 4.78 is 40.4. The number of phenolic OH excluding ortho intramolecular Hbond substituents is 1. The third kappa shape index (κ3) is 7.20. The molecule has 0 spiro atoms. The Hall–Kier alpha value is -4.12. The lowest BCUT2D eigenvalue weighted by Gasteiger charge is -2.28. The number of amides is 1. The maximum atomic E-state index is 12.7. The number of rotatable bonds is 10. The molecule has 0 fully saturated rings. The maximum absolute atomic E-state index is 12.7. The predicted molar refractivity (Wildman–Crippen MR) is 120 cm³/mol. The van der Waals surface area contributed by atoms with Crippen LogP contribution in [0.15, 0.2) is 83.6 Å². The minimum Gasteiger partial charge on any atom is -0.508 e. The van der Waals surface area contributed by atoms with Crippen LogP contribution in [0, 0.1) is 0 Å². The lowest BCUT2D eigenvalue weighted by atomic mass is 10.1. The molecule has 0 radical (unpaired) electrons. The van der Waals surface area contributed by atoms with Gasteiger partial charge in [0.05, 0.1) is 9.79 Å². The van der Waals surface area contributed by atoms with Gasteiger partial charge >= 0.3 is 18.0 Å². The molecule has 0 heterocycles. The van der Waals surface area contributed by atoms with Gasteiger partial charge in [0.1, 0.15) is 30.3 Å². The molecule has 2 rings (SSSR count). The van der Waals surface area contributed by atoms with Crippen LogP contribution in [0.3, 0.4) is 0 Å². The summed E-state index contributed by atoms with van der Waals surface area (Å²) in [4.78, 5) is 35.1. The smallest absolute Gasteiger partial charge is 0.413 e. The number of sulfone groups is 1. The van der Waals surface area contributed by atoms with Crippen LogP contribution < -0.4 is 10.1 Å². The Morgan fingerprint density at radius 1 is 0.912 bits per heavy atom. The van der Waals surface area contributed by atoms with Gasteiger partial charge in [0.15, 0.2) is 0 Å². The van der Waals surface area contributed by atoms with E-state index in [1.165, 1.54) is 55.5 Å². The highest BCUT2D eigenvalue weighted by Crippen LogP contribution is 2.24. The zero-order valence-corrected chi connectivity index (χ0v) is 19.0. The minimum atomic E-state index is -3.85. The first kappa shape index (κ1) is 26.1. The van der Waals surface area contributed by atoms with Gasteiger partial charge in [-0.3, -0.25) is 0 Å². The van der Waals surface area contributed by atoms with E-state index >= 15 is 0 Å². The van der Waals surface area contributed by atoms with Gasteiger partial charge in [-0.2, -0.15) is 0 Å². The highest BCUT2D eigenvalue weighted by atomic mass is 32.2. The number of carbonyl (C=O) groups excluding carboxylic acids is 3. The largest absolute Gasteiger partial charge is 0.508 e. The van der Waals surface area contributed by atoms with E-state index in [0.717, 1.165) is 12.2 Å². The molecule has 0 aliphatic carbocycles. The van der Waals surface area contributed by atoms with Crippen LogP contribution >= 0.6 is 0 Å². The van der Waals surface area contributed by atoms with Gasteiger partial charge in [-0.25, -0.2) is 22.8 Å². The van der Waals surface area contributed by atoms with Crippen molar-refractivity contribution in [3.05, 3.63) is 73.8 Å².